The van der Waals surface area contributed by atoms with Crippen LogP contribution in [0.4, 0.5) is 5.69 Å². The molecule has 1 saturated carbocycles. The second-order valence-electron chi connectivity index (χ2n) is 9.17. The quantitative estimate of drug-likeness (QED) is 0.426. The molecule has 1 aromatic carbocycles. The van der Waals surface area contributed by atoms with Gasteiger partial charge in [-0.05, 0) is 43.2 Å². The molecule has 1 saturated heterocycles. The molecule has 3 heterocycles. The summed E-state index contributed by atoms with van der Waals surface area (Å²) in [7, 11) is 0. The monoisotopic (exact) mass is 497 g/mol. The van der Waals surface area contributed by atoms with Crippen molar-refractivity contribution in [1.82, 2.24) is 19.1 Å². The molecular formula is C25H28ClN5O2S. The SMILES string of the molecule is CC1(COc2c(N3CCN(SCc4ccccn4)CC3)cnn(-c3cccc(Cl)c3)c2=O)CC1. The van der Waals surface area contributed by atoms with E-state index in [2.05, 4.69) is 26.2 Å². The summed E-state index contributed by atoms with van der Waals surface area (Å²) < 4.78 is 9.93. The van der Waals surface area contributed by atoms with Gasteiger partial charge < -0.3 is 9.64 Å². The van der Waals surface area contributed by atoms with Crippen LogP contribution in [-0.4, -0.2) is 51.9 Å². The Morgan fingerprint density at radius 1 is 1.12 bits per heavy atom. The fourth-order valence-corrected chi connectivity index (χ4v) is 4.98. The molecule has 2 fully saturated rings. The van der Waals surface area contributed by atoms with E-state index in [0.29, 0.717) is 23.1 Å². The van der Waals surface area contributed by atoms with E-state index in [1.165, 1.54) is 4.68 Å². The summed E-state index contributed by atoms with van der Waals surface area (Å²) in [6, 6.07) is 13.2. The van der Waals surface area contributed by atoms with Crippen molar-refractivity contribution < 1.29 is 4.74 Å². The lowest BCUT2D eigenvalue weighted by Crippen LogP contribution is -2.44. The van der Waals surface area contributed by atoms with E-state index >= 15 is 0 Å². The molecule has 0 bridgehead atoms. The van der Waals surface area contributed by atoms with E-state index in [9.17, 15) is 4.79 Å². The van der Waals surface area contributed by atoms with Gasteiger partial charge in [0, 0.05) is 42.8 Å². The fraction of sp³-hybridized carbons (Fsp3) is 0.400. The molecule has 9 heteroatoms. The van der Waals surface area contributed by atoms with Gasteiger partial charge in [0.15, 0.2) is 0 Å². The summed E-state index contributed by atoms with van der Waals surface area (Å²) in [5.41, 5.74) is 2.38. The normalized spacial score (nSPS) is 17.5. The van der Waals surface area contributed by atoms with Gasteiger partial charge in [0.05, 0.1) is 29.9 Å². The first-order chi connectivity index (χ1) is 16.5. The lowest BCUT2D eigenvalue weighted by Gasteiger charge is -2.35. The number of halogens is 1. The number of piperazine rings is 1. The number of nitrogens with zero attached hydrogens (tertiary/aromatic N) is 5. The Kier molecular flexibility index (Phi) is 6.81. The average Bonchev–Trinajstić information content (AvgIpc) is 3.60. The summed E-state index contributed by atoms with van der Waals surface area (Å²) >= 11 is 7.95. The van der Waals surface area contributed by atoms with E-state index in [-0.39, 0.29) is 11.0 Å². The third-order valence-electron chi connectivity index (χ3n) is 6.34. The molecule has 0 spiro atoms. The second-order valence-corrected chi connectivity index (χ2v) is 10.7. The van der Waals surface area contributed by atoms with Crippen molar-refractivity contribution in [3.8, 4) is 11.4 Å². The van der Waals surface area contributed by atoms with Crippen molar-refractivity contribution in [2.24, 2.45) is 5.41 Å². The molecule has 178 valence electrons. The predicted molar refractivity (Wildman–Crippen MR) is 137 cm³/mol. The standard InChI is InChI=1S/C25H28ClN5O2S/c1-25(8-9-25)18-33-23-22(16-28-31(24(23)32)21-7-4-5-19(26)15-21)29-11-13-30(14-12-29)34-17-20-6-2-3-10-27-20/h2-7,10,15-16H,8-9,11-14,17-18H2,1H3. The highest BCUT2D eigenvalue weighted by atomic mass is 35.5. The smallest absolute Gasteiger partial charge is 0.316 e. The van der Waals surface area contributed by atoms with Crippen molar-refractivity contribution in [3.63, 3.8) is 0 Å². The number of hydrogen-bond acceptors (Lipinski definition) is 7. The third-order valence-corrected chi connectivity index (χ3v) is 7.73. The molecule has 0 atom stereocenters. The zero-order valence-electron chi connectivity index (χ0n) is 19.2. The van der Waals surface area contributed by atoms with Gasteiger partial charge in [0.1, 0.15) is 5.69 Å². The van der Waals surface area contributed by atoms with E-state index in [1.54, 1.807) is 30.3 Å². The number of ether oxygens (including phenoxy) is 1. The van der Waals surface area contributed by atoms with Gasteiger partial charge in [-0.2, -0.15) is 9.78 Å². The van der Waals surface area contributed by atoms with Crippen molar-refractivity contribution in [2.45, 2.75) is 25.5 Å². The number of benzene rings is 1. The summed E-state index contributed by atoms with van der Waals surface area (Å²) in [5, 5.41) is 5.04. The molecule has 0 unspecified atom stereocenters. The molecule has 3 aromatic rings. The van der Waals surface area contributed by atoms with E-state index in [0.717, 1.165) is 56.2 Å². The van der Waals surface area contributed by atoms with Gasteiger partial charge in [-0.25, -0.2) is 4.31 Å². The molecule has 0 amide bonds. The van der Waals surface area contributed by atoms with Gasteiger partial charge in [-0.15, -0.1) is 0 Å². The van der Waals surface area contributed by atoms with Crippen LogP contribution < -0.4 is 15.2 Å². The van der Waals surface area contributed by atoms with E-state index < -0.39 is 0 Å². The average molecular weight is 498 g/mol. The van der Waals surface area contributed by atoms with Gasteiger partial charge in [0.2, 0.25) is 5.75 Å². The first-order valence-electron chi connectivity index (χ1n) is 11.5. The minimum atomic E-state index is -0.254. The van der Waals surface area contributed by atoms with E-state index in [4.69, 9.17) is 16.3 Å². The third kappa shape index (κ3) is 5.40. The molecule has 5 rings (SSSR count). The highest BCUT2D eigenvalue weighted by Crippen LogP contribution is 2.45. The first-order valence-corrected chi connectivity index (χ1v) is 12.9. The summed E-state index contributed by atoms with van der Waals surface area (Å²) in [5.74, 6) is 1.23. The van der Waals surface area contributed by atoms with Crippen molar-refractivity contribution in [1.29, 1.82) is 0 Å². The summed E-state index contributed by atoms with van der Waals surface area (Å²) in [6.45, 7) is 6.09. The Bertz CT molecular complexity index is 1190. The predicted octanol–water partition coefficient (Wildman–Crippen LogP) is 4.43. The van der Waals surface area contributed by atoms with Crippen LogP contribution in [0.3, 0.4) is 0 Å². The van der Waals surface area contributed by atoms with Crippen LogP contribution in [0.2, 0.25) is 5.02 Å². The highest BCUT2D eigenvalue weighted by molar-refractivity contribution is 7.96. The second kappa shape index (κ2) is 9.98. The van der Waals surface area contributed by atoms with Crippen molar-refractivity contribution >= 4 is 29.2 Å². The van der Waals surface area contributed by atoms with Crippen LogP contribution in [-0.2, 0) is 5.75 Å². The van der Waals surface area contributed by atoms with Gasteiger partial charge in [0.25, 0.3) is 0 Å². The van der Waals surface area contributed by atoms with Crippen molar-refractivity contribution in [2.75, 3.05) is 37.7 Å². The van der Waals surface area contributed by atoms with Crippen LogP contribution in [0.5, 0.6) is 5.75 Å². The maximum absolute atomic E-state index is 13.5. The number of anilines is 1. The molecule has 0 radical (unpaired) electrons. The summed E-state index contributed by atoms with van der Waals surface area (Å²) in [6.07, 6.45) is 5.84. The molecule has 2 aromatic heterocycles. The Labute approximate surface area is 208 Å². The maximum atomic E-state index is 13.5. The van der Waals surface area contributed by atoms with Gasteiger partial charge >= 0.3 is 5.56 Å². The largest absolute Gasteiger partial charge is 0.486 e. The number of rotatable bonds is 8. The molecule has 1 aliphatic carbocycles. The molecular weight excluding hydrogens is 470 g/mol. The lowest BCUT2D eigenvalue weighted by atomic mass is 10.2. The molecule has 34 heavy (non-hydrogen) atoms. The topological polar surface area (TPSA) is 63.5 Å². The Morgan fingerprint density at radius 3 is 2.65 bits per heavy atom. The van der Waals surface area contributed by atoms with Crippen LogP contribution in [0.1, 0.15) is 25.5 Å². The van der Waals surface area contributed by atoms with Gasteiger partial charge in [-0.1, -0.05) is 42.6 Å². The highest BCUT2D eigenvalue weighted by Gasteiger charge is 2.39. The molecule has 1 aliphatic heterocycles. The van der Waals surface area contributed by atoms with E-state index in [1.807, 2.05) is 36.5 Å². The number of pyridine rings is 1. The Hall–Kier alpha value is -2.55. The van der Waals surface area contributed by atoms with Crippen LogP contribution in [0.25, 0.3) is 5.69 Å². The Morgan fingerprint density at radius 2 is 1.94 bits per heavy atom. The zero-order chi connectivity index (χ0) is 23.5. The first kappa shape index (κ1) is 23.2. The van der Waals surface area contributed by atoms with Gasteiger partial charge in [-0.3, -0.25) is 9.78 Å². The van der Waals surface area contributed by atoms with Crippen LogP contribution in [0, 0.1) is 5.41 Å². The molecule has 2 aliphatic rings. The minimum absolute atomic E-state index is 0.161. The molecule has 0 N–H and O–H groups in total. The Balaban J connectivity index is 1.33. The number of hydrogen-bond donors (Lipinski definition) is 0. The van der Waals surface area contributed by atoms with Crippen LogP contribution in [0.15, 0.2) is 59.7 Å². The zero-order valence-corrected chi connectivity index (χ0v) is 20.8. The lowest BCUT2D eigenvalue weighted by molar-refractivity contribution is 0.243. The minimum Gasteiger partial charge on any atom is -0.486 e. The van der Waals surface area contributed by atoms with Crippen molar-refractivity contribution in [3.05, 3.63) is 75.9 Å². The number of aromatic nitrogens is 3. The maximum Gasteiger partial charge on any atom is 0.316 e. The summed E-state index contributed by atoms with van der Waals surface area (Å²) in [4.78, 5) is 20.1. The molecule has 7 nitrogen and oxygen atoms in total. The fourth-order valence-electron chi connectivity index (χ4n) is 3.89. The van der Waals surface area contributed by atoms with Crippen LogP contribution >= 0.6 is 23.5 Å².